The number of carbonyl (C=O) groups is 1. The number of benzene rings is 3. The number of aromatic nitrogens is 2. The van der Waals surface area contributed by atoms with E-state index < -0.39 is 17.8 Å². The van der Waals surface area contributed by atoms with Crippen LogP contribution in [0.25, 0.3) is 11.0 Å². The van der Waals surface area contributed by atoms with Crippen molar-refractivity contribution in [3.05, 3.63) is 102 Å². The molecule has 7 heteroatoms. The van der Waals surface area contributed by atoms with Crippen LogP contribution < -0.4 is 4.74 Å². The van der Waals surface area contributed by atoms with E-state index in [1.54, 1.807) is 31.6 Å². The van der Waals surface area contributed by atoms with Crippen molar-refractivity contribution >= 4 is 22.7 Å². The van der Waals surface area contributed by atoms with Crippen molar-refractivity contribution in [3.8, 4) is 5.75 Å². The molecule has 0 N–H and O–H groups in total. The van der Waals surface area contributed by atoms with Gasteiger partial charge in [0.05, 0.1) is 35.5 Å². The molecule has 1 atom stereocenters. The molecular formula is C25H19FN4O2. The molecule has 0 unspecified atom stereocenters. The Morgan fingerprint density at radius 1 is 1.00 bits per heavy atom. The number of carbonyl (C=O) groups excluding carboxylic acids is 1. The van der Waals surface area contributed by atoms with Gasteiger partial charge >= 0.3 is 0 Å². The van der Waals surface area contributed by atoms with E-state index in [1.807, 2.05) is 42.5 Å². The summed E-state index contributed by atoms with van der Waals surface area (Å²) in [5.41, 5.74) is 3.94. The van der Waals surface area contributed by atoms with E-state index >= 15 is 0 Å². The summed E-state index contributed by atoms with van der Waals surface area (Å²) in [5.74, 6) is -0.333. The zero-order chi connectivity index (χ0) is 22.1. The van der Waals surface area contributed by atoms with Crippen molar-refractivity contribution in [2.45, 2.75) is 12.5 Å². The lowest BCUT2D eigenvalue weighted by atomic mass is 9.97. The Balaban J connectivity index is 1.57. The molecule has 0 radical (unpaired) electrons. The van der Waals surface area contributed by atoms with Gasteiger partial charge in [0, 0.05) is 18.8 Å². The molecule has 0 aliphatic carbocycles. The quantitative estimate of drug-likeness (QED) is 0.472. The first-order chi connectivity index (χ1) is 15.6. The Labute approximate surface area is 184 Å². The third-order valence-corrected chi connectivity index (χ3v) is 5.52. The van der Waals surface area contributed by atoms with Crippen molar-refractivity contribution in [3.63, 3.8) is 0 Å². The van der Waals surface area contributed by atoms with Crippen LogP contribution in [-0.2, 0) is 0 Å². The third-order valence-electron chi connectivity index (χ3n) is 5.52. The zero-order valence-electron chi connectivity index (χ0n) is 17.3. The maximum absolute atomic E-state index is 14.4. The molecule has 0 bridgehead atoms. The van der Waals surface area contributed by atoms with Gasteiger partial charge in [0.1, 0.15) is 11.6 Å². The van der Waals surface area contributed by atoms with Gasteiger partial charge < -0.3 is 4.74 Å². The molecular weight excluding hydrogens is 407 g/mol. The SMILES string of the molecule is COc1ccc(C2=NN(C(=O)c3ccccc3F)[C@@H](c3ccc4nccnc4c3)C2)cc1. The Morgan fingerprint density at radius 2 is 1.75 bits per heavy atom. The topological polar surface area (TPSA) is 67.7 Å². The van der Waals surface area contributed by atoms with Gasteiger partial charge in [-0.25, -0.2) is 9.40 Å². The summed E-state index contributed by atoms with van der Waals surface area (Å²) < 4.78 is 19.6. The van der Waals surface area contributed by atoms with Gasteiger partial charge in [-0.3, -0.25) is 14.8 Å². The number of rotatable bonds is 4. The Hall–Kier alpha value is -4.13. The smallest absolute Gasteiger partial charge is 0.277 e. The maximum Gasteiger partial charge on any atom is 0.277 e. The number of hydrogen-bond acceptors (Lipinski definition) is 5. The van der Waals surface area contributed by atoms with E-state index in [-0.39, 0.29) is 5.56 Å². The van der Waals surface area contributed by atoms with Crippen molar-refractivity contribution in [2.24, 2.45) is 5.10 Å². The second kappa shape index (κ2) is 8.19. The predicted octanol–water partition coefficient (Wildman–Crippen LogP) is 4.77. The summed E-state index contributed by atoms with van der Waals surface area (Å²) >= 11 is 0. The molecule has 158 valence electrons. The maximum atomic E-state index is 14.4. The van der Waals surface area contributed by atoms with E-state index in [1.165, 1.54) is 17.1 Å². The Bertz CT molecular complexity index is 1340. The molecule has 0 fully saturated rings. The van der Waals surface area contributed by atoms with Crippen LogP contribution in [-0.4, -0.2) is 33.7 Å². The van der Waals surface area contributed by atoms with E-state index in [2.05, 4.69) is 15.1 Å². The molecule has 6 nitrogen and oxygen atoms in total. The zero-order valence-corrected chi connectivity index (χ0v) is 17.3. The summed E-state index contributed by atoms with van der Waals surface area (Å²) in [5, 5.41) is 6.00. The highest BCUT2D eigenvalue weighted by Gasteiger charge is 2.34. The van der Waals surface area contributed by atoms with Crippen LogP contribution in [0, 0.1) is 5.82 Å². The summed E-state index contributed by atoms with van der Waals surface area (Å²) in [4.78, 5) is 22.0. The van der Waals surface area contributed by atoms with Crippen molar-refractivity contribution in [1.29, 1.82) is 0 Å². The van der Waals surface area contributed by atoms with Gasteiger partial charge in [0.15, 0.2) is 0 Å². The largest absolute Gasteiger partial charge is 0.497 e. The van der Waals surface area contributed by atoms with Crippen molar-refractivity contribution < 1.29 is 13.9 Å². The molecule has 1 aromatic heterocycles. The summed E-state index contributed by atoms with van der Waals surface area (Å²) in [6.07, 6.45) is 3.75. The molecule has 4 aromatic rings. The van der Waals surface area contributed by atoms with Crippen molar-refractivity contribution in [1.82, 2.24) is 15.0 Å². The van der Waals surface area contributed by atoms with Crippen LogP contribution in [0.2, 0.25) is 0 Å². The first-order valence-electron chi connectivity index (χ1n) is 10.1. The van der Waals surface area contributed by atoms with Gasteiger partial charge in [0.2, 0.25) is 0 Å². The lowest BCUT2D eigenvalue weighted by Crippen LogP contribution is -2.27. The normalized spacial score (nSPS) is 15.6. The minimum absolute atomic E-state index is 0.0159. The van der Waals surface area contributed by atoms with Crippen LogP contribution in [0.5, 0.6) is 5.75 Å². The van der Waals surface area contributed by atoms with E-state index in [0.29, 0.717) is 6.42 Å². The van der Waals surface area contributed by atoms with Crippen LogP contribution >= 0.6 is 0 Å². The number of halogens is 1. The first-order valence-corrected chi connectivity index (χ1v) is 10.1. The lowest BCUT2D eigenvalue weighted by molar-refractivity contribution is 0.0706. The third kappa shape index (κ3) is 3.58. The number of hydrogen-bond donors (Lipinski definition) is 0. The number of hydrazone groups is 1. The molecule has 32 heavy (non-hydrogen) atoms. The standard InChI is InChI=1S/C25H19FN4O2/c1-32-18-9-6-16(7-10-18)22-15-24(17-8-11-21-23(14-17)28-13-12-27-21)30(29-22)25(31)19-4-2-3-5-20(19)26/h2-14,24H,15H2,1H3/t24-/m1/s1. The van der Waals surface area contributed by atoms with Gasteiger partial charge in [0.25, 0.3) is 5.91 Å². The molecule has 2 heterocycles. The number of nitrogens with zero attached hydrogens (tertiary/aromatic N) is 4. The van der Waals surface area contributed by atoms with Crippen LogP contribution in [0.4, 0.5) is 4.39 Å². The number of fused-ring (bicyclic) bond motifs is 1. The predicted molar refractivity (Wildman–Crippen MR) is 119 cm³/mol. The highest BCUT2D eigenvalue weighted by molar-refractivity contribution is 6.05. The minimum Gasteiger partial charge on any atom is -0.497 e. The van der Waals surface area contributed by atoms with Crippen molar-refractivity contribution in [2.75, 3.05) is 7.11 Å². The fourth-order valence-electron chi connectivity index (χ4n) is 3.86. The lowest BCUT2D eigenvalue weighted by Gasteiger charge is -2.22. The average Bonchev–Trinajstić information content (AvgIpc) is 3.29. The van der Waals surface area contributed by atoms with Gasteiger partial charge in [-0.1, -0.05) is 18.2 Å². The van der Waals surface area contributed by atoms with Gasteiger partial charge in [-0.15, -0.1) is 0 Å². The van der Waals surface area contributed by atoms with Crippen LogP contribution in [0.3, 0.4) is 0 Å². The molecule has 1 amide bonds. The van der Waals surface area contributed by atoms with E-state index in [9.17, 15) is 9.18 Å². The summed E-state index contributed by atoms with van der Waals surface area (Å²) in [7, 11) is 1.61. The second-order valence-electron chi connectivity index (χ2n) is 7.43. The highest BCUT2D eigenvalue weighted by atomic mass is 19.1. The van der Waals surface area contributed by atoms with Gasteiger partial charge in [-0.2, -0.15) is 5.10 Å². The Kier molecular flexibility index (Phi) is 5.07. The average molecular weight is 426 g/mol. The number of ether oxygens (including phenoxy) is 1. The molecule has 0 spiro atoms. The number of amides is 1. The monoisotopic (exact) mass is 426 g/mol. The van der Waals surface area contributed by atoms with Crippen LogP contribution in [0.1, 0.15) is 33.9 Å². The second-order valence-corrected chi connectivity index (χ2v) is 7.43. The molecule has 1 aliphatic heterocycles. The molecule has 0 saturated carbocycles. The first kappa shape index (κ1) is 19.8. The fraction of sp³-hybridized carbons (Fsp3) is 0.120. The summed E-state index contributed by atoms with van der Waals surface area (Å²) in [6.45, 7) is 0. The molecule has 1 aliphatic rings. The van der Waals surface area contributed by atoms with Gasteiger partial charge in [-0.05, 0) is 59.7 Å². The van der Waals surface area contributed by atoms with E-state index in [4.69, 9.17) is 4.74 Å². The molecule has 0 saturated heterocycles. The minimum atomic E-state index is -0.575. The molecule has 3 aromatic carbocycles. The summed E-state index contributed by atoms with van der Waals surface area (Å²) in [6, 6.07) is 18.7. The van der Waals surface area contributed by atoms with Crippen LogP contribution in [0.15, 0.2) is 84.2 Å². The fourth-order valence-corrected chi connectivity index (χ4v) is 3.86. The molecule has 5 rings (SSSR count). The Morgan fingerprint density at radius 3 is 2.50 bits per heavy atom. The number of methoxy groups -OCH3 is 1. The highest BCUT2D eigenvalue weighted by Crippen LogP contribution is 2.35. The van der Waals surface area contributed by atoms with E-state index in [0.717, 1.165) is 33.6 Å².